The molecule has 3 amide bonds. The van der Waals surface area contributed by atoms with Gasteiger partial charge < -0.3 is 25.2 Å². The molecule has 0 atom stereocenters. The Balaban J connectivity index is 2.28. The van der Waals surface area contributed by atoms with Crippen LogP contribution in [-0.4, -0.2) is 56.7 Å². The number of urea groups is 1. The zero-order valence-electron chi connectivity index (χ0n) is 18.6. The number of nitrogens with zero attached hydrogens (tertiary/aromatic N) is 2. The number of thiophene rings is 1. The first-order valence-corrected chi connectivity index (χ1v) is 10.7. The molecular formula is C22H32N4O3S. The smallest absolute Gasteiger partial charge is 0.319 e. The second-order valence-electron chi connectivity index (χ2n) is 8.26. The van der Waals surface area contributed by atoms with Crippen molar-refractivity contribution in [3.63, 3.8) is 0 Å². The van der Waals surface area contributed by atoms with Gasteiger partial charge in [-0.3, -0.25) is 4.79 Å². The Hall–Kier alpha value is -2.58. The van der Waals surface area contributed by atoms with E-state index in [0.717, 1.165) is 11.3 Å². The van der Waals surface area contributed by atoms with Crippen molar-refractivity contribution in [3.8, 4) is 0 Å². The van der Waals surface area contributed by atoms with Crippen LogP contribution in [-0.2, 0) is 11.3 Å². The minimum atomic E-state index is -0.333. The van der Waals surface area contributed by atoms with Gasteiger partial charge in [-0.2, -0.15) is 0 Å². The highest BCUT2D eigenvalue weighted by molar-refractivity contribution is 7.12. The summed E-state index contributed by atoms with van der Waals surface area (Å²) in [6.07, 6.45) is 0. The third-order valence-electron chi connectivity index (χ3n) is 4.25. The lowest BCUT2D eigenvalue weighted by Gasteiger charge is -2.26. The summed E-state index contributed by atoms with van der Waals surface area (Å²) in [5.74, 6) is -0.0319. The number of nitrogens with one attached hydrogen (secondary N) is 2. The SMILES string of the molecule is COCCN(Cc1cc(NC(=O)NC(C)(C)C)ccc1N(C)C)C(=O)c1cccs1. The first kappa shape index (κ1) is 23.7. The van der Waals surface area contributed by atoms with Crippen molar-refractivity contribution in [1.82, 2.24) is 10.2 Å². The van der Waals surface area contributed by atoms with Crippen molar-refractivity contribution in [2.24, 2.45) is 0 Å². The molecule has 2 rings (SSSR count). The average Bonchev–Trinajstić information content (AvgIpc) is 3.17. The van der Waals surface area contributed by atoms with E-state index in [9.17, 15) is 9.59 Å². The standard InChI is InChI=1S/C22H32N4O3S/c1-22(2,3)24-21(28)23-17-9-10-18(25(4)5)16(14-17)15-26(11-12-29-6)20(27)19-8-7-13-30-19/h7-10,13-14H,11-12,15H2,1-6H3,(H2,23,24,28). The molecule has 30 heavy (non-hydrogen) atoms. The topological polar surface area (TPSA) is 73.9 Å². The van der Waals surface area contributed by atoms with Crippen molar-refractivity contribution in [3.05, 3.63) is 46.2 Å². The van der Waals surface area contributed by atoms with Crippen LogP contribution in [0.25, 0.3) is 0 Å². The lowest BCUT2D eigenvalue weighted by Crippen LogP contribution is -2.43. The van der Waals surface area contributed by atoms with Crippen LogP contribution < -0.4 is 15.5 Å². The Morgan fingerprint density at radius 1 is 1.17 bits per heavy atom. The average molecular weight is 433 g/mol. The van der Waals surface area contributed by atoms with Gasteiger partial charge in [0.05, 0.1) is 11.5 Å². The molecule has 0 saturated heterocycles. The van der Waals surface area contributed by atoms with Crippen LogP contribution in [0.4, 0.5) is 16.2 Å². The molecule has 2 N–H and O–H groups in total. The van der Waals surface area contributed by atoms with Crippen LogP contribution in [0.2, 0.25) is 0 Å². The molecule has 0 saturated carbocycles. The predicted molar refractivity (Wildman–Crippen MR) is 124 cm³/mol. The molecule has 2 aromatic rings. The first-order chi connectivity index (χ1) is 14.1. The number of amides is 3. The molecule has 0 aliphatic carbocycles. The molecule has 0 spiro atoms. The fraction of sp³-hybridized carbons (Fsp3) is 0.455. The van der Waals surface area contributed by atoms with E-state index in [1.165, 1.54) is 11.3 Å². The normalized spacial score (nSPS) is 11.1. The Labute approximate surface area is 183 Å². The quantitative estimate of drug-likeness (QED) is 0.661. The van der Waals surface area contributed by atoms with Crippen molar-refractivity contribution >= 4 is 34.6 Å². The van der Waals surface area contributed by atoms with Crippen LogP contribution in [0.1, 0.15) is 36.0 Å². The molecule has 1 aromatic heterocycles. The van der Waals surface area contributed by atoms with Gasteiger partial charge in [0.1, 0.15) is 0 Å². The third kappa shape index (κ3) is 7.03. The highest BCUT2D eigenvalue weighted by atomic mass is 32.1. The van der Waals surface area contributed by atoms with Crippen LogP contribution in [0.15, 0.2) is 35.7 Å². The molecule has 0 aliphatic heterocycles. The highest BCUT2D eigenvalue weighted by Crippen LogP contribution is 2.25. The van der Waals surface area contributed by atoms with E-state index in [1.807, 2.05) is 75.5 Å². The maximum atomic E-state index is 13.0. The molecule has 0 bridgehead atoms. The summed E-state index contributed by atoms with van der Waals surface area (Å²) in [7, 11) is 5.54. The fourth-order valence-corrected chi connectivity index (χ4v) is 3.64. The van der Waals surface area contributed by atoms with E-state index in [-0.39, 0.29) is 17.5 Å². The molecular weight excluding hydrogens is 400 g/mol. The van der Waals surface area contributed by atoms with Crippen LogP contribution in [0, 0.1) is 0 Å². The number of carbonyl (C=O) groups is 2. The fourth-order valence-electron chi connectivity index (χ4n) is 2.94. The molecule has 0 unspecified atom stereocenters. The molecule has 7 nitrogen and oxygen atoms in total. The summed E-state index contributed by atoms with van der Waals surface area (Å²) in [6, 6.07) is 9.16. The Morgan fingerprint density at radius 3 is 2.47 bits per heavy atom. The number of hydrogen-bond donors (Lipinski definition) is 2. The Morgan fingerprint density at radius 2 is 1.90 bits per heavy atom. The van der Waals surface area contributed by atoms with Gasteiger partial charge in [0.2, 0.25) is 0 Å². The number of hydrogen-bond acceptors (Lipinski definition) is 5. The van der Waals surface area contributed by atoms with E-state index in [2.05, 4.69) is 10.6 Å². The molecule has 0 radical (unpaired) electrons. The third-order valence-corrected chi connectivity index (χ3v) is 5.11. The van der Waals surface area contributed by atoms with E-state index in [1.54, 1.807) is 12.0 Å². The van der Waals surface area contributed by atoms with Crippen molar-refractivity contribution < 1.29 is 14.3 Å². The first-order valence-electron chi connectivity index (χ1n) is 9.82. The summed E-state index contributed by atoms with van der Waals surface area (Å²) >= 11 is 1.42. The molecule has 0 fully saturated rings. The zero-order valence-corrected chi connectivity index (χ0v) is 19.4. The lowest BCUT2D eigenvalue weighted by atomic mass is 10.1. The minimum absolute atomic E-state index is 0.0319. The van der Waals surface area contributed by atoms with Crippen molar-refractivity contribution in [2.75, 3.05) is 44.6 Å². The number of benzene rings is 1. The van der Waals surface area contributed by atoms with Gasteiger partial charge >= 0.3 is 6.03 Å². The second-order valence-corrected chi connectivity index (χ2v) is 9.21. The number of ether oxygens (including phenoxy) is 1. The van der Waals surface area contributed by atoms with Crippen LogP contribution in [0.5, 0.6) is 0 Å². The van der Waals surface area contributed by atoms with Gasteiger partial charge in [-0.05, 0) is 56.0 Å². The maximum absolute atomic E-state index is 13.0. The molecule has 8 heteroatoms. The monoisotopic (exact) mass is 432 g/mol. The van der Waals surface area contributed by atoms with E-state index < -0.39 is 0 Å². The largest absolute Gasteiger partial charge is 0.383 e. The summed E-state index contributed by atoms with van der Waals surface area (Å²) in [6.45, 7) is 7.11. The second kappa shape index (κ2) is 10.4. The van der Waals surface area contributed by atoms with Gasteiger partial charge in [-0.15, -0.1) is 11.3 Å². The number of methoxy groups -OCH3 is 1. The van der Waals surface area contributed by atoms with E-state index in [0.29, 0.717) is 30.3 Å². The van der Waals surface area contributed by atoms with Gasteiger partial charge in [0, 0.05) is 51.2 Å². The summed E-state index contributed by atoms with van der Waals surface area (Å²) in [5.41, 5.74) is 2.26. The maximum Gasteiger partial charge on any atom is 0.319 e. The predicted octanol–water partition coefficient (Wildman–Crippen LogP) is 4.02. The number of anilines is 2. The van der Waals surface area contributed by atoms with Crippen molar-refractivity contribution in [1.29, 1.82) is 0 Å². The van der Waals surface area contributed by atoms with E-state index >= 15 is 0 Å². The number of carbonyl (C=O) groups excluding carboxylic acids is 2. The summed E-state index contributed by atoms with van der Waals surface area (Å²) in [4.78, 5) is 29.7. The molecule has 164 valence electrons. The van der Waals surface area contributed by atoms with Gasteiger partial charge in [-0.25, -0.2) is 4.79 Å². The molecule has 1 aromatic carbocycles. The minimum Gasteiger partial charge on any atom is -0.383 e. The zero-order chi connectivity index (χ0) is 22.3. The Bertz CT molecular complexity index is 845. The highest BCUT2D eigenvalue weighted by Gasteiger charge is 2.20. The van der Waals surface area contributed by atoms with Crippen molar-refractivity contribution in [2.45, 2.75) is 32.9 Å². The molecule has 0 aliphatic rings. The number of rotatable bonds is 8. The van der Waals surface area contributed by atoms with Gasteiger partial charge in [0.15, 0.2) is 0 Å². The Kier molecular flexibility index (Phi) is 8.25. The lowest BCUT2D eigenvalue weighted by molar-refractivity contribution is 0.0685. The summed E-state index contributed by atoms with van der Waals surface area (Å²) in [5, 5.41) is 7.67. The molecule has 1 heterocycles. The van der Waals surface area contributed by atoms with Crippen LogP contribution in [0.3, 0.4) is 0 Å². The summed E-state index contributed by atoms with van der Waals surface area (Å²) < 4.78 is 5.21. The van der Waals surface area contributed by atoms with Gasteiger partial charge in [0.25, 0.3) is 5.91 Å². The van der Waals surface area contributed by atoms with E-state index in [4.69, 9.17) is 4.74 Å². The van der Waals surface area contributed by atoms with Gasteiger partial charge in [-0.1, -0.05) is 6.07 Å². The van der Waals surface area contributed by atoms with Crippen LogP contribution >= 0.6 is 11.3 Å².